The number of nitrogens with zero attached hydrogens (tertiary/aromatic N) is 1. The number of nitrogens with one attached hydrogen (secondary N) is 1. The Morgan fingerprint density at radius 1 is 1.47 bits per heavy atom. The Balaban J connectivity index is 2.27. The second-order valence-corrected chi connectivity index (χ2v) is 4.35. The van der Waals surface area contributed by atoms with Gasteiger partial charge in [0.15, 0.2) is 0 Å². The molecule has 0 aliphatic heterocycles. The third-order valence-electron chi connectivity index (χ3n) is 2.91. The number of carboxylic acids is 1. The van der Waals surface area contributed by atoms with Crippen molar-refractivity contribution in [3.8, 4) is 5.75 Å². The molecule has 1 unspecified atom stereocenters. The quantitative estimate of drug-likeness (QED) is 0.863. The summed E-state index contributed by atoms with van der Waals surface area (Å²) in [6.45, 7) is 1.97. The van der Waals surface area contributed by atoms with Gasteiger partial charge in [0.2, 0.25) is 0 Å². The number of aromatic nitrogens is 1. The Labute approximate surface area is 111 Å². The first-order valence-electron chi connectivity index (χ1n) is 6.02. The summed E-state index contributed by atoms with van der Waals surface area (Å²) in [6, 6.07) is 9.43. The molecule has 0 aliphatic carbocycles. The van der Waals surface area contributed by atoms with E-state index < -0.39 is 11.9 Å². The first kappa shape index (κ1) is 13.1. The van der Waals surface area contributed by atoms with Gasteiger partial charge in [-0.05, 0) is 12.1 Å². The van der Waals surface area contributed by atoms with Gasteiger partial charge in [-0.3, -0.25) is 4.79 Å². The minimum absolute atomic E-state index is 0.323. The summed E-state index contributed by atoms with van der Waals surface area (Å²) < 4.78 is 5.33. The lowest BCUT2D eigenvalue weighted by atomic mass is 10.2. The number of carbonyl (C=O) groups is 1. The van der Waals surface area contributed by atoms with E-state index in [4.69, 9.17) is 9.84 Å². The Bertz CT molecular complexity index is 598. The topological polar surface area (TPSA) is 71.5 Å². The van der Waals surface area contributed by atoms with Crippen LogP contribution in [0.2, 0.25) is 0 Å². The minimum atomic E-state index is -0.833. The van der Waals surface area contributed by atoms with Crippen LogP contribution in [0.5, 0.6) is 5.75 Å². The fraction of sp³-hybridized carbons (Fsp3) is 0.286. The van der Waals surface area contributed by atoms with E-state index in [2.05, 4.69) is 10.3 Å². The van der Waals surface area contributed by atoms with Crippen LogP contribution in [0.1, 0.15) is 6.92 Å². The molecule has 1 aromatic carbocycles. The monoisotopic (exact) mass is 260 g/mol. The van der Waals surface area contributed by atoms with E-state index in [-0.39, 0.29) is 0 Å². The molecule has 1 aromatic heterocycles. The molecule has 0 aliphatic rings. The van der Waals surface area contributed by atoms with E-state index in [1.54, 1.807) is 20.1 Å². The first-order valence-corrected chi connectivity index (χ1v) is 6.02. The van der Waals surface area contributed by atoms with E-state index in [0.29, 0.717) is 12.4 Å². The van der Waals surface area contributed by atoms with Crippen LogP contribution in [-0.4, -0.2) is 29.7 Å². The van der Waals surface area contributed by atoms with Crippen LogP contribution in [0, 0.1) is 5.92 Å². The Kier molecular flexibility index (Phi) is 3.85. The second-order valence-electron chi connectivity index (χ2n) is 4.35. The molecule has 5 heteroatoms. The highest BCUT2D eigenvalue weighted by atomic mass is 16.5. The van der Waals surface area contributed by atoms with Crippen LogP contribution in [0.3, 0.4) is 0 Å². The highest BCUT2D eigenvalue weighted by Crippen LogP contribution is 2.26. The molecule has 2 N–H and O–H groups in total. The highest BCUT2D eigenvalue weighted by Gasteiger charge is 2.11. The molecular formula is C14H16N2O3. The smallest absolute Gasteiger partial charge is 0.308 e. The first-order chi connectivity index (χ1) is 9.11. The molecule has 2 rings (SSSR count). The molecule has 0 saturated carbocycles. The lowest BCUT2D eigenvalue weighted by Crippen LogP contribution is -2.20. The third kappa shape index (κ3) is 2.93. The van der Waals surface area contributed by atoms with Crippen LogP contribution < -0.4 is 10.1 Å². The predicted molar refractivity (Wildman–Crippen MR) is 73.6 cm³/mol. The van der Waals surface area contributed by atoms with Gasteiger partial charge in [-0.2, -0.15) is 0 Å². The Hall–Kier alpha value is -2.30. The predicted octanol–water partition coefficient (Wildman–Crippen LogP) is 2.38. The number of methoxy groups -OCH3 is 1. The number of fused-ring (bicyclic) bond motifs is 1. The van der Waals surface area contributed by atoms with Gasteiger partial charge in [0.05, 0.1) is 18.5 Å². The van der Waals surface area contributed by atoms with Crippen molar-refractivity contribution in [1.29, 1.82) is 0 Å². The molecule has 5 nitrogen and oxygen atoms in total. The lowest BCUT2D eigenvalue weighted by Gasteiger charge is -2.12. The molecule has 1 atom stereocenters. The van der Waals surface area contributed by atoms with Gasteiger partial charge < -0.3 is 15.2 Å². The molecule has 0 amide bonds. The molecule has 19 heavy (non-hydrogen) atoms. The average molecular weight is 260 g/mol. The van der Waals surface area contributed by atoms with Crippen molar-refractivity contribution < 1.29 is 14.6 Å². The number of anilines is 1. The van der Waals surface area contributed by atoms with Crippen molar-refractivity contribution in [2.24, 2.45) is 5.92 Å². The number of aliphatic carboxylic acids is 1. The molecule has 2 aromatic rings. The zero-order valence-electron chi connectivity index (χ0n) is 10.9. The molecule has 0 spiro atoms. The zero-order valence-corrected chi connectivity index (χ0v) is 10.9. The average Bonchev–Trinajstić information content (AvgIpc) is 2.43. The molecule has 0 fully saturated rings. The van der Waals surface area contributed by atoms with Crippen molar-refractivity contribution in [2.45, 2.75) is 6.92 Å². The number of rotatable bonds is 5. The maximum atomic E-state index is 10.8. The van der Waals surface area contributed by atoms with Gasteiger partial charge in [-0.25, -0.2) is 4.98 Å². The number of pyridine rings is 1. The van der Waals surface area contributed by atoms with Gasteiger partial charge in [0, 0.05) is 18.0 Å². The lowest BCUT2D eigenvalue weighted by molar-refractivity contribution is -0.140. The van der Waals surface area contributed by atoms with Gasteiger partial charge in [0.25, 0.3) is 0 Å². The van der Waals surface area contributed by atoms with Gasteiger partial charge >= 0.3 is 5.97 Å². The van der Waals surface area contributed by atoms with Crippen LogP contribution in [0.25, 0.3) is 10.9 Å². The van der Waals surface area contributed by atoms with Crippen LogP contribution in [-0.2, 0) is 4.79 Å². The third-order valence-corrected chi connectivity index (χ3v) is 2.91. The van der Waals surface area contributed by atoms with E-state index >= 15 is 0 Å². The van der Waals surface area contributed by atoms with Gasteiger partial charge in [-0.1, -0.05) is 19.1 Å². The zero-order chi connectivity index (χ0) is 13.8. The minimum Gasteiger partial charge on any atom is -0.496 e. The number of para-hydroxylation sites is 1. The molecule has 100 valence electrons. The van der Waals surface area contributed by atoms with Crippen molar-refractivity contribution in [1.82, 2.24) is 4.98 Å². The summed E-state index contributed by atoms with van der Waals surface area (Å²) in [5.41, 5.74) is 0.812. The summed E-state index contributed by atoms with van der Waals surface area (Å²) in [6.07, 6.45) is 0. The van der Waals surface area contributed by atoms with Crippen LogP contribution in [0.4, 0.5) is 5.82 Å². The van der Waals surface area contributed by atoms with E-state index in [0.717, 1.165) is 16.7 Å². The highest BCUT2D eigenvalue weighted by molar-refractivity contribution is 5.86. The largest absolute Gasteiger partial charge is 0.496 e. The fourth-order valence-corrected chi connectivity index (χ4v) is 1.75. The summed E-state index contributed by atoms with van der Waals surface area (Å²) in [5, 5.41) is 12.8. The maximum absolute atomic E-state index is 10.8. The maximum Gasteiger partial charge on any atom is 0.308 e. The summed E-state index contributed by atoms with van der Waals surface area (Å²) in [5.74, 6) is 0.0271. The molecule has 1 heterocycles. The van der Waals surface area contributed by atoms with Crippen molar-refractivity contribution in [2.75, 3.05) is 19.0 Å². The number of ether oxygens (including phenoxy) is 1. The van der Waals surface area contributed by atoms with Crippen LogP contribution in [0.15, 0.2) is 30.3 Å². The summed E-state index contributed by atoms with van der Waals surface area (Å²) in [7, 11) is 1.60. The standard InChI is InChI=1S/C14H16N2O3/c1-9(14(17)18)8-15-13-7-12(19-2)10-5-3-4-6-11(10)16-13/h3-7,9H,8H2,1-2H3,(H,15,16)(H,17,18). The number of hydrogen-bond donors (Lipinski definition) is 2. The van der Waals surface area contributed by atoms with E-state index in [1.807, 2.05) is 24.3 Å². The molecular weight excluding hydrogens is 244 g/mol. The molecule has 0 bridgehead atoms. The van der Waals surface area contributed by atoms with E-state index in [1.165, 1.54) is 0 Å². The number of benzene rings is 1. The SMILES string of the molecule is COc1cc(NCC(C)C(=O)O)nc2ccccc12. The van der Waals surface area contributed by atoms with Crippen molar-refractivity contribution >= 4 is 22.7 Å². The van der Waals surface area contributed by atoms with Crippen LogP contribution >= 0.6 is 0 Å². The number of carboxylic acid groups (broad SMARTS) is 1. The van der Waals surface area contributed by atoms with Crippen molar-refractivity contribution in [3.05, 3.63) is 30.3 Å². The Morgan fingerprint density at radius 3 is 2.89 bits per heavy atom. The number of hydrogen-bond acceptors (Lipinski definition) is 4. The fourth-order valence-electron chi connectivity index (χ4n) is 1.75. The second kappa shape index (κ2) is 5.56. The van der Waals surface area contributed by atoms with E-state index in [9.17, 15) is 4.79 Å². The Morgan fingerprint density at radius 2 is 2.21 bits per heavy atom. The molecule has 0 radical (unpaired) electrons. The summed E-state index contributed by atoms with van der Waals surface area (Å²) in [4.78, 5) is 15.2. The normalized spacial score (nSPS) is 12.1. The van der Waals surface area contributed by atoms with Gasteiger partial charge in [0.1, 0.15) is 11.6 Å². The van der Waals surface area contributed by atoms with Gasteiger partial charge in [-0.15, -0.1) is 0 Å². The molecule has 0 saturated heterocycles. The van der Waals surface area contributed by atoms with Crippen molar-refractivity contribution in [3.63, 3.8) is 0 Å². The summed E-state index contributed by atoms with van der Waals surface area (Å²) >= 11 is 0.